The molecule has 0 amide bonds. The number of nitrogens with zero attached hydrogens (tertiary/aromatic N) is 2. The lowest BCUT2D eigenvalue weighted by Gasteiger charge is -2.34. The van der Waals surface area contributed by atoms with Gasteiger partial charge in [-0.05, 0) is 67.8 Å². The quantitative estimate of drug-likeness (QED) is 0.608. The second-order valence-corrected chi connectivity index (χ2v) is 8.03. The van der Waals surface area contributed by atoms with E-state index in [0.717, 1.165) is 27.6 Å². The number of benzene rings is 1. The fourth-order valence-electron chi connectivity index (χ4n) is 3.62. The number of carbonyl (C=O) groups excluding carboxylic acids is 1. The van der Waals surface area contributed by atoms with Gasteiger partial charge in [-0.1, -0.05) is 25.6 Å². The van der Waals surface area contributed by atoms with Crippen molar-refractivity contribution < 1.29 is 14.3 Å². The molecule has 0 fully saturated rings. The Labute approximate surface area is 171 Å². The zero-order chi connectivity index (χ0) is 20.4. The molecule has 0 saturated carbocycles. The van der Waals surface area contributed by atoms with Crippen LogP contribution < -0.4 is 4.74 Å². The third kappa shape index (κ3) is 3.70. The Morgan fingerprint density at radius 2 is 2.00 bits per heavy atom. The van der Waals surface area contributed by atoms with Gasteiger partial charge in [0.2, 0.25) is 0 Å². The van der Waals surface area contributed by atoms with Gasteiger partial charge in [0.25, 0.3) is 0 Å². The Hall–Kier alpha value is -2.21. The van der Waals surface area contributed by atoms with Gasteiger partial charge in [-0.25, -0.2) is 9.79 Å². The normalized spacial score (nSPS) is 18.5. The number of hydrogen-bond acceptors (Lipinski definition) is 6. The lowest BCUT2D eigenvalue weighted by molar-refractivity contribution is -0.139. The Morgan fingerprint density at radius 1 is 1.25 bits per heavy atom. The molecule has 0 radical (unpaired) electrons. The predicted octanol–water partition coefficient (Wildman–Crippen LogP) is 5.28. The molecule has 1 aromatic carbocycles. The molecule has 0 unspecified atom stereocenters. The molecule has 150 valence electrons. The Balaban J connectivity index is 2.18. The van der Waals surface area contributed by atoms with E-state index < -0.39 is 0 Å². The first kappa shape index (κ1) is 20.5. The minimum atomic E-state index is -0.308. The van der Waals surface area contributed by atoms with Gasteiger partial charge in [-0.3, -0.25) is 0 Å². The Morgan fingerprint density at radius 3 is 2.64 bits per heavy atom. The van der Waals surface area contributed by atoms with Gasteiger partial charge >= 0.3 is 5.97 Å². The minimum absolute atomic E-state index is 0.258. The number of ether oxygens (including phenoxy) is 2. The third-order valence-electron chi connectivity index (χ3n) is 4.93. The van der Waals surface area contributed by atoms with Gasteiger partial charge in [-0.2, -0.15) is 0 Å². The number of allylic oxidation sites excluding steroid dienone is 1. The lowest BCUT2D eigenvalue weighted by Crippen LogP contribution is -2.34. The van der Waals surface area contributed by atoms with Crippen molar-refractivity contribution >= 4 is 22.9 Å². The summed E-state index contributed by atoms with van der Waals surface area (Å²) in [5.41, 5.74) is 4.61. The molecule has 2 heterocycles. The first-order chi connectivity index (χ1) is 13.4. The summed E-state index contributed by atoms with van der Waals surface area (Å²) in [6, 6.07) is 4.01. The van der Waals surface area contributed by atoms with Crippen molar-refractivity contribution in [3.8, 4) is 5.75 Å². The van der Waals surface area contributed by atoms with Crippen LogP contribution in [-0.2, 0) is 9.53 Å². The van der Waals surface area contributed by atoms with Crippen molar-refractivity contribution in [2.75, 3.05) is 13.2 Å². The number of fused-ring (bicyclic) bond motifs is 1. The molecule has 0 N–H and O–H groups in total. The molecule has 0 aromatic heterocycles. The molecule has 0 aliphatic carbocycles. The van der Waals surface area contributed by atoms with Crippen molar-refractivity contribution in [3.05, 3.63) is 51.7 Å². The molecule has 1 aromatic rings. The molecule has 0 bridgehead atoms. The van der Waals surface area contributed by atoms with Crippen molar-refractivity contribution in [2.45, 2.75) is 53.5 Å². The summed E-state index contributed by atoms with van der Waals surface area (Å²) < 4.78 is 11.3. The van der Waals surface area contributed by atoms with Gasteiger partial charge in [0, 0.05) is 6.20 Å². The molecule has 28 heavy (non-hydrogen) atoms. The average molecular weight is 401 g/mol. The van der Waals surface area contributed by atoms with Crippen molar-refractivity contribution in [3.63, 3.8) is 0 Å². The summed E-state index contributed by atoms with van der Waals surface area (Å²) in [7, 11) is 0. The largest absolute Gasteiger partial charge is 0.494 e. The van der Waals surface area contributed by atoms with E-state index in [2.05, 4.69) is 42.8 Å². The summed E-state index contributed by atoms with van der Waals surface area (Å²) in [6.45, 7) is 13.0. The van der Waals surface area contributed by atoms with Crippen LogP contribution in [0.5, 0.6) is 5.75 Å². The smallest absolute Gasteiger partial charge is 0.338 e. The van der Waals surface area contributed by atoms with Crippen LogP contribution in [0.4, 0.5) is 0 Å². The lowest BCUT2D eigenvalue weighted by atomic mass is 9.88. The molecule has 6 heteroatoms. The maximum absolute atomic E-state index is 12.8. The molecule has 2 aliphatic rings. The molecule has 0 saturated heterocycles. The van der Waals surface area contributed by atoms with Gasteiger partial charge in [0.15, 0.2) is 5.17 Å². The topological polar surface area (TPSA) is 51.1 Å². The maximum atomic E-state index is 12.8. The fourth-order valence-corrected chi connectivity index (χ4v) is 4.41. The molecular weight excluding hydrogens is 372 g/mol. The van der Waals surface area contributed by atoms with E-state index in [0.29, 0.717) is 30.4 Å². The van der Waals surface area contributed by atoms with Gasteiger partial charge in [0.1, 0.15) is 5.75 Å². The van der Waals surface area contributed by atoms with E-state index in [4.69, 9.17) is 9.47 Å². The summed E-state index contributed by atoms with van der Waals surface area (Å²) in [6.07, 6.45) is 1.99. The van der Waals surface area contributed by atoms with Crippen LogP contribution in [0.1, 0.15) is 63.3 Å². The zero-order valence-corrected chi connectivity index (χ0v) is 18.2. The number of aryl methyl sites for hydroxylation is 1. The van der Waals surface area contributed by atoms with Crippen LogP contribution in [-0.4, -0.2) is 29.3 Å². The SMILES string of the molecule is CCOC(=O)C1=C(C)N=C2SC=CN2[C@@H]1c1cc(C(C)C)c(OCC)cc1C. The van der Waals surface area contributed by atoms with E-state index in [1.807, 2.05) is 32.4 Å². The predicted molar refractivity (Wildman–Crippen MR) is 115 cm³/mol. The molecule has 5 nitrogen and oxygen atoms in total. The highest BCUT2D eigenvalue weighted by molar-refractivity contribution is 8.16. The number of rotatable bonds is 6. The standard InChI is InChI=1S/C22H28N2O3S/c1-7-26-18-11-14(5)17(12-16(18)13(3)4)20-19(21(25)27-8-2)15(6)23-22-24(20)9-10-28-22/h9-13,20H,7-8H2,1-6H3/t20-/m1/s1. The van der Waals surface area contributed by atoms with E-state index in [1.165, 1.54) is 0 Å². The van der Waals surface area contributed by atoms with Gasteiger partial charge < -0.3 is 14.4 Å². The highest BCUT2D eigenvalue weighted by atomic mass is 32.2. The Kier molecular flexibility index (Phi) is 6.18. The van der Waals surface area contributed by atoms with E-state index >= 15 is 0 Å². The summed E-state index contributed by atoms with van der Waals surface area (Å²) in [5, 5.41) is 2.88. The van der Waals surface area contributed by atoms with Crippen molar-refractivity contribution in [1.29, 1.82) is 0 Å². The first-order valence-corrected chi connectivity index (χ1v) is 10.6. The molecular formula is C22H28N2O3S. The number of hydrogen-bond donors (Lipinski definition) is 0. The second-order valence-electron chi connectivity index (χ2n) is 7.16. The minimum Gasteiger partial charge on any atom is -0.494 e. The molecule has 0 spiro atoms. The third-order valence-corrected chi connectivity index (χ3v) is 5.70. The van der Waals surface area contributed by atoms with Gasteiger partial charge in [0.05, 0.1) is 30.5 Å². The first-order valence-electron chi connectivity index (χ1n) is 9.74. The van der Waals surface area contributed by atoms with Crippen LogP contribution >= 0.6 is 11.8 Å². The number of aliphatic imine (C=N–C) groups is 1. The van der Waals surface area contributed by atoms with Gasteiger partial charge in [-0.15, -0.1) is 0 Å². The van der Waals surface area contributed by atoms with E-state index in [1.54, 1.807) is 11.8 Å². The van der Waals surface area contributed by atoms with Crippen molar-refractivity contribution in [1.82, 2.24) is 4.90 Å². The summed E-state index contributed by atoms with van der Waals surface area (Å²) in [4.78, 5) is 19.6. The fraction of sp³-hybridized carbons (Fsp3) is 0.455. The average Bonchev–Trinajstić information content (AvgIpc) is 3.09. The Bertz CT molecular complexity index is 871. The summed E-state index contributed by atoms with van der Waals surface area (Å²) in [5.74, 6) is 0.905. The van der Waals surface area contributed by atoms with Crippen LogP contribution in [0, 0.1) is 6.92 Å². The zero-order valence-electron chi connectivity index (χ0n) is 17.4. The highest BCUT2D eigenvalue weighted by Crippen LogP contribution is 2.44. The molecule has 3 rings (SSSR count). The maximum Gasteiger partial charge on any atom is 0.338 e. The second kappa shape index (κ2) is 8.43. The van der Waals surface area contributed by atoms with E-state index in [-0.39, 0.29) is 12.0 Å². The van der Waals surface area contributed by atoms with Crippen LogP contribution in [0.2, 0.25) is 0 Å². The monoisotopic (exact) mass is 400 g/mol. The summed E-state index contributed by atoms with van der Waals surface area (Å²) >= 11 is 1.57. The highest BCUT2D eigenvalue weighted by Gasteiger charge is 2.38. The van der Waals surface area contributed by atoms with Crippen molar-refractivity contribution in [2.24, 2.45) is 4.99 Å². The number of amidine groups is 1. The van der Waals surface area contributed by atoms with Crippen LogP contribution in [0.3, 0.4) is 0 Å². The number of carbonyl (C=O) groups is 1. The number of thioether (sulfide) groups is 1. The molecule has 2 aliphatic heterocycles. The molecule has 1 atom stereocenters. The van der Waals surface area contributed by atoms with Crippen LogP contribution in [0.15, 0.2) is 40.0 Å². The number of esters is 1. The van der Waals surface area contributed by atoms with Crippen LogP contribution in [0.25, 0.3) is 0 Å². The van der Waals surface area contributed by atoms with E-state index in [9.17, 15) is 4.79 Å².